The van der Waals surface area contributed by atoms with Gasteiger partial charge < -0.3 is 10.2 Å². The fraction of sp³-hybridized carbons (Fsp3) is 0.353. The standard InChI is InChI=1S/C17H20N4O3S/c1-12-3-5-13(6-4-12)18-17(22)15-7-8-16(20-19-15)21(2)14-9-10-25(23,24)11-14/h3-8,14H,9-11H2,1-2H3,(H,18,22). The van der Waals surface area contributed by atoms with Crippen LogP contribution in [0.2, 0.25) is 0 Å². The minimum absolute atomic E-state index is 0.105. The quantitative estimate of drug-likeness (QED) is 0.891. The maximum Gasteiger partial charge on any atom is 0.276 e. The highest BCUT2D eigenvalue weighted by atomic mass is 32.2. The van der Waals surface area contributed by atoms with Crippen molar-refractivity contribution in [1.82, 2.24) is 10.2 Å². The van der Waals surface area contributed by atoms with Crippen molar-refractivity contribution >= 4 is 27.2 Å². The summed E-state index contributed by atoms with van der Waals surface area (Å²) in [6.07, 6.45) is 0.580. The van der Waals surface area contributed by atoms with Gasteiger partial charge in [-0.1, -0.05) is 17.7 Å². The van der Waals surface area contributed by atoms with Crippen molar-refractivity contribution in [2.45, 2.75) is 19.4 Å². The average molecular weight is 360 g/mol. The number of aryl methyl sites for hydroxylation is 1. The van der Waals surface area contributed by atoms with E-state index in [1.807, 2.05) is 31.2 Å². The van der Waals surface area contributed by atoms with Crippen LogP contribution in [0.3, 0.4) is 0 Å². The van der Waals surface area contributed by atoms with Crippen LogP contribution in [0.15, 0.2) is 36.4 Å². The van der Waals surface area contributed by atoms with Crippen LogP contribution in [0, 0.1) is 6.92 Å². The summed E-state index contributed by atoms with van der Waals surface area (Å²) in [6.45, 7) is 1.97. The third kappa shape index (κ3) is 4.14. The van der Waals surface area contributed by atoms with E-state index in [2.05, 4.69) is 15.5 Å². The molecule has 1 aromatic heterocycles. The average Bonchev–Trinajstić information content (AvgIpc) is 2.96. The summed E-state index contributed by atoms with van der Waals surface area (Å²) >= 11 is 0. The van der Waals surface area contributed by atoms with Crippen molar-refractivity contribution in [1.29, 1.82) is 0 Å². The molecule has 2 heterocycles. The lowest BCUT2D eigenvalue weighted by Crippen LogP contribution is -2.33. The maximum atomic E-state index is 12.2. The Hall–Kier alpha value is -2.48. The van der Waals surface area contributed by atoms with E-state index in [0.717, 1.165) is 5.56 Å². The van der Waals surface area contributed by atoms with Crippen molar-refractivity contribution in [3.8, 4) is 0 Å². The Morgan fingerprint density at radius 1 is 1.16 bits per heavy atom. The molecule has 1 N–H and O–H groups in total. The Morgan fingerprint density at radius 2 is 1.88 bits per heavy atom. The summed E-state index contributed by atoms with van der Waals surface area (Å²) in [6, 6.07) is 10.6. The molecule has 0 spiro atoms. The molecule has 1 aromatic carbocycles. The highest BCUT2D eigenvalue weighted by Crippen LogP contribution is 2.21. The van der Waals surface area contributed by atoms with Crippen LogP contribution in [-0.4, -0.2) is 49.1 Å². The van der Waals surface area contributed by atoms with Crippen molar-refractivity contribution in [3.05, 3.63) is 47.7 Å². The number of aromatic nitrogens is 2. The van der Waals surface area contributed by atoms with Crippen molar-refractivity contribution in [2.75, 3.05) is 28.8 Å². The van der Waals surface area contributed by atoms with Crippen LogP contribution in [0.4, 0.5) is 11.5 Å². The number of hydrogen-bond acceptors (Lipinski definition) is 6. The van der Waals surface area contributed by atoms with Gasteiger partial charge in [-0.2, -0.15) is 0 Å². The maximum absolute atomic E-state index is 12.2. The Kier molecular flexibility index (Phi) is 4.71. The fourth-order valence-electron chi connectivity index (χ4n) is 2.73. The van der Waals surface area contributed by atoms with Gasteiger partial charge in [0.05, 0.1) is 11.5 Å². The molecule has 1 fully saturated rings. The van der Waals surface area contributed by atoms with Crippen LogP contribution in [0.25, 0.3) is 0 Å². The molecule has 1 amide bonds. The van der Waals surface area contributed by atoms with Gasteiger partial charge >= 0.3 is 0 Å². The molecule has 1 aliphatic rings. The molecular formula is C17H20N4O3S. The number of benzene rings is 1. The van der Waals surface area contributed by atoms with Gasteiger partial charge in [0, 0.05) is 18.8 Å². The molecule has 1 atom stereocenters. The molecule has 8 heteroatoms. The second kappa shape index (κ2) is 6.79. The zero-order chi connectivity index (χ0) is 18.0. The fourth-order valence-corrected chi connectivity index (χ4v) is 4.51. The van der Waals surface area contributed by atoms with Gasteiger partial charge in [0.1, 0.15) is 0 Å². The van der Waals surface area contributed by atoms with Gasteiger partial charge in [-0.3, -0.25) is 4.79 Å². The molecular weight excluding hydrogens is 340 g/mol. The summed E-state index contributed by atoms with van der Waals surface area (Å²) in [5.41, 5.74) is 2.01. The molecule has 0 bridgehead atoms. The topological polar surface area (TPSA) is 92.3 Å². The smallest absolute Gasteiger partial charge is 0.276 e. The third-order valence-corrected chi connectivity index (χ3v) is 6.06. The Balaban J connectivity index is 1.67. The second-order valence-electron chi connectivity index (χ2n) is 6.26. The lowest BCUT2D eigenvalue weighted by molar-refractivity contribution is 0.102. The molecule has 1 aliphatic heterocycles. The first-order valence-corrected chi connectivity index (χ1v) is 9.81. The summed E-state index contributed by atoms with van der Waals surface area (Å²) in [7, 11) is -1.17. The van der Waals surface area contributed by atoms with E-state index in [1.54, 1.807) is 24.1 Å². The normalized spacial score (nSPS) is 18.7. The predicted octanol–water partition coefficient (Wildman–Crippen LogP) is 1.66. The zero-order valence-corrected chi connectivity index (χ0v) is 15.0. The van der Waals surface area contributed by atoms with Crippen LogP contribution in [-0.2, 0) is 9.84 Å². The number of rotatable bonds is 4. The molecule has 132 valence electrons. The van der Waals surface area contributed by atoms with Crippen molar-refractivity contribution < 1.29 is 13.2 Å². The number of carbonyl (C=O) groups excluding carboxylic acids is 1. The van der Waals surface area contributed by atoms with Gasteiger partial charge in [0.2, 0.25) is 0 Å². The van der Waals surface area contributed by atoms with E-state index < -0.39 is 9.84 Å². The van der Waals surface area contributed by atoms with Gasteiger partial charge in [0.25, 0.3) is 5.91 Å². The Morgan fingerprint density at radius 3 is 2.44 bits per heavy atom. The zero-order valence-electron chi connectivity index (χ0n) is 14.1. The SMILES string of the molecule is Cc1ccc(NC(=O)c2ccc(N(C)C3CCS(=O)(=O)C3)nn2)cc1. The number of amides is 1. The minimum atomic E-state index is -2.96. The molecule has 25 heavy (non-hydrogen) atoms. The highest BCUT2D eigenvalue weighted by Gasteiger charge is 2.31. The van der Waals surface area contributed by atoms with Crippen LogP contribution < -0.4 is 10.2 Å². The Labute approximate surface area is 147 Å². The molecule has 3 rings (SSSR count). The summed E-state index contributed by atoms with van der Waals surface area (Å²) < 4.78 is 23.2. The molecule has 1 unspecified atom stereocenters. The summed E-state index contributed by atoms with van der Waals surface area (Å²) in [5, 5.41) is 10.8. The first-order chi connectivity index (χ1) is 11.8. The number of carbonyl (C=O) groups is 1. The van der Waals surface area contributed by atoms with Crippen LogP contribution >= 0.6 is 0 Å². The first-order valence-electron chi connectivity index (χ1n) is 7.99. The number of nitrogens with zero attached hydrogens (tertiary/aromatic N) is 3. The molecule has 1 saturated heterocycles. The van der Waals surface area contributed by atoms with Crippen LogP contribution in [0.1, 0.15) is 22.5 Å². The predicted molar refractivity (Wildman–Crippen MR) is 96.6 cm³/mol. The third-order valence-electron chi connectivity index (χ3n) is 4.31. The second-order valence-corrected chi connectivity index (χ2v) is 8.49. The van der Waals surface area contributed by atoms with Crippen LogP contribution in [0.5, 0.6) is 0 Å². The Bertz CT molecular complexity index is 864. The van der Waals surface area contributed by atoms with E-state index in [0.29, 0.717) is 17.9 Å². The summed E-state index contributed by atoms with van der Waals surface area (Å²) in [5.74, 6) is 0.538. The van der Waals surface area contributed by atoms with E-state index in [9.17, 15) is 13.2 Å². The first kappa shape index (κ1) is 17.3. The molecule has 0 radical (unpaired) electrons. The van der Waals surface area contributed by atoms with Gasteiger partial charge in [-0.25, -0.2) is 8.42 Å². The van der Waals surface area contributed by atoms with Gasteiger partial charge in [-0.15, -0.1) is 10.2 Å². The van der Waals surface area contributed by atoms with Gasteiger partial charge in [0.15, 0.2) is 21.3 Å². The lowest BCUT2D eigenvalue weighted by Gasteiger charge is -2.23. The minimum Gasteiger partial charge on any atom is -0.354 e. The van der Waals surface area contributed by atoms with Crippen molar-refractivity contribution in [2.24, 2.45) is 0 Å². The molecule has 0 aliphatic carbocycles. The number of nitrogens with one attached hydrogen (secondary N) is 1. The number of sulfone groups is 1. The lowest BCUT2D eigenvalue weighted by atomic mass is 10.2. The molecule has 7 nitrogen and oxygen atoms in total. The van der Waals surface area contributed by atoms with E-state index in [1.165, 1.54) is 0 Å². The van der Waals surface area contributed by atoms with E-state index >= 15 is 0 Å². The molecule has 2 aromatic rings. The van der Waals surface area contributed by atoms with E-state index in [4.69, 9.17) is 0 Å². The highest BCUT2D eigenvalue weighted by molar-refractivity contribution is 7.91. The largest absolute Gasteiger partial charge is 0.354 e. The monoisotopic (exact) mass is 360 g/mol. The summed E-state index contributed by atoms with van der Waals surface area (Å²) in [4.78, 5) is 14.0. The number of hydrogen-bond donors (Lipinski definition) is 1. The van der Waals surface area contributed by atoms with Crippen molar-refractivity contribution in [3.63, 3.8) is 0 Å². The number of anilines is 2. The molecule has 0 saturated carbocycles. The van der Waals surface area contributed by atoms with E-state index in [-0.39, 0.29) is 29.1 Å². The van der Waals surface area contributed by atoms with Gasteiger partial charge in [-0.05, 0) is 37.6 Å².